The van der Waals surface area contributed by atoms with Crippen LogP contribution in [0.2, 0.25) is 0 Å². The summed E-state index contributed by atoms with van der Waals surface area (Å²) in [6, 6.07) is 0.650. The highest BCUT2D eigenvalue weighted by molar-refractivity contribution is 5.38. The van der Waals surface area contributed by atoms with Crippen molar-refractivity contribution < 1.29 is 0 Å². The summed E-state index contributed by atoms with van der Waals surface area (Å²) in [6.07, 6.45) is 10.3. The lowest BCUT2D eigenvalue weighted by atomic mass is 9.98. The molecule has 0 aliphatic carbocycles. The zero-order valence-corrected chi connectivity index (χ0v) is 14.0. The van der Waals surface area contributed by atoms with Crippen molar-refractivity contribution in [2.24, 2.45) is 0 Å². The SMILES string of the molecule is CCCC1CCCCN1c1cnc(CNC(C)(C)C)cn1. The van der Waals surface area contributed by atoms with Crippen LogP contribution in [0.15, 0.2) is 12.4 Å². The Morgan fingerprint density at radius 2 is 2.05 bits per heavy atom. The average molecular weight is 290 g/mol. The predicted molar refractivity (Wildman–Crippen MR) is 88.5 cm³/mol. The number of hydrogen-bond donors (Lipinski definition) is 1. The average Bonchev–Trinajstić information content (AvgIpc) is 2.46. The zero-order chi connectivity index (χ0) is 15.3. The highest BCUT2D eigenvalue weighted by Crippen LogP contribution is 2.25. The molecule has 1 saturated heterocycles. The number of piperidine rings is 1. The predicted octanol–water partition coefficient (Wildman–Crippen LogP) is 3.52. The summed E-state index contributed by atoms with van der Waals surface area (Å²) in [7, 11) is 0. The Labute approximate surface area is 129 Å². The fourth-order valence-corrected chi connectivity index (χ4v) is 2.88. The summed E-state index contributed by atoms with van der Waals surface area (Å²) in [6.45, 7) is 10.7. The monoisotopic (exact) mass is 290 g/mol. The maximum Gasteiger partial charge on any atom is 0.147 e. The Hall–Kier alpha value is -1.16. The van der Waals surface area contributed by atoms with Crippen molar-refractivity contribution in [3.05, 3.63) is 18.1 Å². The highest BCUT2D eigenvalue weighted by Gasteiger charge is 2.22. The van der Waals surface area contributed by atoms with Crippen LogP contribution in [0.1, 0.15) is 65.5 Å². The first-order valence-electron chi connectivity index (χ1n) is 8.32. The smallest absolute Gasteiger partial charge is 0.147 e. The molecule has 0 spiro atoms. The fraction of sp³-hybridized carbons (Fsp3) is 0.765. The lowest BCUT2D eigenvalue weighted by molar-refractivity contribution is 0.419. The van der Waals surface area contributed by atoms with Crippen LogP contribution in [-0.4, -0.2) is 28.1 Å². The molecule has 0 radical (unpaired) electrons. The third-order valence-electron chi connectivity index (χ3n) is 4.03. The van der Waals surface area contributed by atoms with Crippen LogP contribution in [0.3, 0.4) is 0 Å². The summed E-state index contributed by atoms with van der Waals surface area (Å²) in [5.74, 6) is 1.05. The van der Waals surface area contributed by atoms with Gasteiger partial charge in [0.1, 0.15) is 5.82 Å². The molecule has 0 amide bonds. The van der Waals surface area contributed by atoms with E-state index in [2.05, 4.69) is 47.9 Å². The van der Waals surface area contributed by atoms with Crippen molar-refractivity contribution in [3.8, 4) is 0 Å². The molecule has 1 atom stereocenters. The van der Waals surface area contributed by atoms with Crippen molar-refractivity contribution >= 4 is 5.82 Å². The molecule has 2 heterocycles. The molecule has 1 fully saturated rings. The first-order chi connectivity index (χ1) is 9.99. The molecule has 118 valence electrons. The van der Waals surface area contributed by atoms with Crippen molar-refractivity contribution in [1.29, 1.82) is 0 Å². The van der Waals surface area contributed by atoms with Gasteiger partial charge in [-0.1, -0.05) is 13.3 Å². The molecule has 1 unspecified atom stereocenters. The molecule has 0 bridgehead atoms. The highest BCUT2D eigenvalue weighted by atomic mass is 15.2. The number of rotatable bonds is 5. The van der Waals surface area contributed by atoms with Crippen LogP contribution in [0.4, 0.5) is 5.82 Å². The van der Waals surface area contributed by atoms with E-state index in [1.165, 1.54) is 32.1 Å². The van der Waals surface area contributed by atoms with Crippen LogP contribution in [0.5, 0.6) is 0 Å². The quantitative estimate of drug-likeness (QED) is 0.901. The van der Waals surface area contributed by atoms with Crippen LogP contribution < -0.4 is 10.2 Å². The zero-order valence-electron chi connectivity index (χ0n) is 14.0. The van der Waals surface area contributed by atoms with Gasteiger partial charge in [-0.05, 0) is 46.5 Å². The summed E-state index contributed by atoms with van der Waals surface area (Å²) in [4.78, 5) is 11.7. The third-order valence-corrected chi connectivity index (χ3v) is 4.03. The Balaban J connectivity index is 2.00. The Bertz CT molecular complexity index is 419. The van der Waals surface area contributed by atoms with Gasteiger partial charge < -0.3 is 10.2 Å². The molecule has 0 saturated carbocycles. The lowest BCUT2D eigenvalue weighted by Gasteiger charge is -2.36. The topological polar surface area (TPSA) is 41.1 Å². The lowest BCUT2D eigenvalue weighted by Crippen LogP contribution is -2.40. The third kappa shape index (κ3) is 4.95. The molecule has 0 aromatic carbocycles. The molecule has 1 N–H and O–H groups in total. The largest absolute Gasteiger partial charge is 0.352 e. The second-order valence-electron chi connectivity index (χ2n) is 7.10. The van der Waals surface area contributed by atoms with E-state index in [0.717, 1.165) is 24.6 Å². The van der Waals surface area contributed by atoms with Gasteiger partial charge in [-0.3, -0.25) is 4.98 Å². The maximum absolute atomic E-state index is 4.66. The molecule has 1 aromatic heterocycles. The van der Waals surface area contributed by atoms with Crippen LogP contribution in [0.25, 0.3) is 0 Å². The molecule has 4 heteroatoms. The van der Waals surface area contributed by atoms with E-state index < -0.39 is 0 Å². The number of anilines is 1. The Kier molecular flexibility index (Phi) is 5.57. The van der Waals surface area contributed by atoms with Crippen molar-refractivity contribution in [1.82, 2.24) is 15.3 Å². The Morgan fingerprint density at radius 3 is 2.67 bits per heavy atom. The van der Waals surface area contributed by atoms with Gasteiger partial charge in [-0.15, -0.1) is 0 Å². The molecular weight excluding hydrogens is 260 g/mol. The second kappa shape index (κ2) is 7.21. The number of nitrogens with one attached hydrogen (secondary N) is 1. The second-order valence-corrected chi connectivity index (χ2v) is 7.10. The van der Waals surface area contributed by atoms with Gasteiger partial charge in [0.2, 0.25) is 0 Å². The minimum absolute atomic E-state index is 0.111. The van der Waals surface area contributed by atoms with Gasteiger partial charge in [0.15, 0.2) is 0 Å². The van der Waals surface area contributed by atoms with Crippen molar-refractivity contribution in [2.45, 2.75) is 77.9 Å². The maximum atomic E-state index is 4.66. The van der Waals surface area contributed by atoms with Gasteiger partial charge in [0, 0.05) is 24.7 Å². The first-order valence-corrected chi connectivity index (χ1v) is 8.32. The van der Waals surface area contributed by atoms with Crippen molar-refractivity contribution in [2.75, 3.05) is 11.4 Å². The van der Waals surface area contributed by atoms with Gasteiger partial charge >= 0.3 is 0 Å². The fourth-order valence-electron chi connectivity index (χ4n) is 2.88. The number of nitrogens with zero attached hydrogens (tertiary/aromatic N) is 3. The Morgan fingerprint density at radius 1 is 1.24 bits per heavy atom. The van der Waals surface area contributed by atoms with Crippen molar-refractivity contribution in [3.63, 3.8) is 0 Å². The van der Waals surface area contributed by atoms with E-state index in [1.54, 1.807) is 0 Å². The molecule has 1 aliphatic rings. The number of aromatic nitrogens is 2. The molecular formula is C17H30N4. The van der Waals surface area contributed by atoms with E-state index in [1.807, 2.05) is 12.4 Å². The van der Waals surface area contributed by atoms with Gasteiger partial charge in [0.25, 0.3) is 0 Å². The minimum Gasteiger partial charge on any atom is -0.352 e. The van der Waals surface area contributed by atoms with Gasteiger partial charge in [-0.25, -0.2) is 4.98 Å². The van der Waals surface area contributed by atoms with Gasteiger partial charge in [0.05, 0.1) is 18.1 Å². The minimum atomic E-state index is 0.111. The molecule has 21 heavy (non-hydrogen) atoms. The molecule has 1 aliphatic heterocycles. The van der Waals surface area contributed by atoms with Crippen LogP contribution in [-0.2, 0) is 6.54 Å². The summed E-state index contributed by atoms with van der Waals surface area (Å²) in [5, 5.41) is 3.45. The standard InChI is InChI=1S/C17H30N4/c1-5-8-15-9-6-7-10-21(15)16-13-18-14(11-19-16)12-20-17(2,3)4/h11,13,15,20H,5-10,12H2,1-4H3. The van der Waals surface area contributed by atoms with Gasteiger partial charge in [-0.2, -0.15) is 0 Å². The molecule has 2 rings (SSSR count). The normalized spacial score (nSPS) is 19.8. The van der Waals surface area contributed by atoms with E-state index in [-0.39, 0.29) is 5.54 Å². The number of hydrogen-bond acceptors (Lipinski definition) is 4. The van der Waals surface area contributed by atoms with E-state index in [0.29, 0.717) is 6.04 Å². The molecule has 1 aromatic rings. The van der Waals surface area contributed by atoms with E-state index >= 15 is 0 Å². The van der Waals surface area contributed by atoms with E-state index in [4.69, 9.17) is 0 Å². The summed E-state index contributed by atoms with van der Waals surface area (Å²) < 4.78 is 0. The van der Waals surface area contributed by atoms with Crippen LogP contribution >= 0.6 is 0 Å². The van der Waals surface area contributed by atoms with E-state index in [9.17, 15) is 0 Å². The molecule has 4 nitrogen and oxygen atoms in total. The summed E-state index contributed by atoms with van der Waals surface area (Å²) in [5.41, 5.74) is 1.12. The van der Waals surface area contributed by atoms with Crippen LogP contribution in [0, 0.1) is 0 Å². The summed E-state index contributed by atoms with van der Waals surface area (Å²) >= 11 is 0. The first kappa shape index (κ1) is 16.2.